The maximum Gasteiger partial charge on any atom is 0.0320 e. The van der Waals surface area contributed by atoms with Gasteiger partial charge in [0.05, 0.1) is 0 Å². The summed E-state index contributed by atoms with van der Waals surface area (Å²) in [5.74, 6) is 0. The summed E-state index contributed by atoms with van der Waals surface area (Å²) in [5.41, 5.74) is 0.387. The molecule has 1 aromatic heterocycles. The third-order valence-corrected chi connectivity index (χ3v) is 5.73. The fourth-order valence-corrected chi connectivity index (χ4v) is 4.75. The van der Waals surface area contributed by atoms with E-state index in [0.717, 1.165) is 12.6 Å². The molecule has 1 N–H and O–H groups in total. The summed E-state index contributed by atoms with van der Waals surface area (Å²) in [7, 11) is 0. The molecular weight excluding hydrogens is 282 g/mol. The van der Waals surface area contributed by atoms with Crippen LogP contribution in [0.4, 0.5) is 0 Å². The lowest BCUT2D eigenvalue weighted by Gasteiger charge is -2.23. The second-order valence-corrected chi connectivity index (χ2v) is 6.82. The quantitative estimate of drug-likeness (QED) is 0.873. The van der Waals surface area contributed by atoms with Gasteiger partial charge >= 0.3 is 0 Å². The highest BCUT2D eigenvalue weighted by atomic mass is 79.9. The largest absolute Gasteiger partial charge is 0.314 e. The van der Waals surface area contributed by atoms with E-state index in [0.29, 0.717) is 5.41 Å². The molecule has 16 heavy (non-hydrogen) atoms. The summed E-state index contributed by atoms with van der Waals surface area (Å²) in [6, 6.07) is 2.90. The highest BCUT2D eigenvalue weighted by molar-refractivity contribution is 9.10. The summed E-state index contributed by atoms with van der Waals surface area (Å²) >= 11 is 5.57. The summed E-state index contributed by atoms with van der Waals surface area (Å²) in [6.45, 7) is 5.81. The van der Waals surface area contributed by atoms with Gasteiger partial charge in [0.15, 0.2) is 0 Å². The summed E-state index contributed by atoms with van der Waals surface area (Å²) in [4.78, 5) is 1.54. The second-order valence-electron chi connectivity index (χ2n) is 5.05. The SMILES string of the molecule is CCCNC1CCC(C)(c2sccc2Br)C1. The van der Waals surface area contributed by atoms with Gasteiger partial charge in [-0.25, -0.2) is 0 Å². The van der Waals surface area contributed by atoms with Crippen LogP contribution in [-0.2, 0) is 5.41 Å². The molecule has 1 nitrogen and oxygen atoms in total. The van der Waals surface area contributed by atoms with Crippen LogP contribution in [0.15, 0.2) is 15.9 Å². The first-order valence-corrected chi connectivity index (χ1v) is 7.80. The molecule has 2 rings (SSSR count). The van der Waals surface area contributed by atoms with E-state index in [1.54, 1.807) is 0 Å². The number of rotatable bonds is 4. The summed E-state index contributed by atoms with van der Waals surface area (Å²) < 4.78 is 1.30. The van der Waals surface area contributed by atoms with E-state index in [1.807, 2.05) is 11.3 Å². The minimum absolute atomic E-state index is 0.387. The van der Waals surface area contributed by atoms with Crippen LogP contribution in [0.1, 0.15) is 44.4 Å². The summed E-state index contributed by atoms with van der Waals surface area (Å²) in [5, 5.41) is 5.85. The Balaban J connectivity index is 2.03. The van der Waals surface area contributed by atoms with Crippen LogP contribution in [0.2, 0.25) is 0 Å². The van der Waals surface area contributed by atoms with E-state index in [-0.39, 0.29) is 0 Å². The van der Waals surface area contributed by atoms with Gasteiger partial charge < -0.3 is 5.32 Å². The van der Waals surface area contributed by atoms with Crippen LogP contribution in [0, 0.1) is 0 Å². The van der Waals surface area contributed by atoms with E-state index < -0.39 is 0 Å². The first-order chi connectivity index (χ1) is 7.65. The molecule has 1 heterocycles. The van der Waals surface area contributed by atoms with Gasteiger partial charge in [0, 0.05) is 20.8 Å². The highest BCUT2D eigenvalue weighted by Crippen LogP contribution is 2.45. The molecule has 0 bridgehead atoms. The molecule has 1 saturated carbocycles. The van der Waals surface area contributed by atoms with Gasteiger partial charge in [0.1, 0.15) is 0 Å². The topological polar surface area (TPSA) is 12.0 Å². The first kappa shape index (κ1) is 12.6. The van der Waals surface area contributed by atoms with Crippen LogP contribution >= 0.6 is 27.3 Å². The molecule has 2 atom stereocenters. The molecule has 90 valence electrons. The molecule has 1 aliphatic carbocycles. The maximum absolute atomic E-state index is 3.67. The molecule has 0 radical (unpaired) electrons. The summed E-state index contributed by atoms with van der Waals surface area (Å²) in [6.07, 6.45) is 5.15. The molecular formula is C13H20BrNS. The Kier molecular flexibility index (Phi) is 4.09. The molecule has 1 aromatic rings. The Hall–Kier alpha value is 0.140. The molecule has 2 unspecified atom stereocenters. The number of halogens is 1. The van der Waals surface area contributed by atoms with Crippen LogP contribution in [-0.4, -0.2) is 12.6 Å². The molecule has 0 aromatic carbocycles. The normalized spacial score (nSPS) is 29.8. The zero-order valence-corrected chi connectivity index (χ0v) is 12.5. The Morgan fingerprint density at radius 3 is 3.06 bits per heavy atom. The monoisotopic (exact) mass is 301 g/mol. The van der Waals surface area contributed by atoms with Gasteiger partial charge in [0.2, 0.25) is 0 Å². The Labute approximate surface area is 111 Å². The van der Waals surface area contributed by atoms with Crippen molar-refractivity contribution in [3.05, 3.63) is 20.8 Å². The average Bonchev–Trinajstić information content (AvgIpc) is 2.83. The molecule has 0 amide bonds. The standard InChI is InChI=1S/C13H20BrNS/c1-3-7-15-10-4-6-13(2,9-10)12-11(14)5-8-16-12/h5,8,10,15H,3-4,6-7,9H2,1-2H3. The van der Waals surface area contributed by atoms with E-state index in [4.69, 9.17) is 0 Å². The van der Waals surface area contributed by atoms with Crippen molar-refractivity contribution in [3.8, 4) is 0 Å². The van der Waals surface area contributed by atoms with Crippen LogP contribution < -0.4 is 5.32 Å². The van der Waals surface area contributed by atoms with Crippen molar-refractivity contribution in [2.45, 2.75) is 51.0 Å². The Morgan fingerprint density at radius 2 is 2.44 bits per heavy atom. The van der Waals surface area contributed by atoms with Crippen molar-refractivity contribution in [2.24, 2.45) is 0 Å². The lowest BCUT2D eigenvalue weighted by molar-refractivity contribution is 0.458. The van der Waals surface area contributed by atoms with Crippen molar-refractivity contribution in [1.82, 2.24) is 5.32 Å². The van der Waals surface area contributed by atoms with Crippen molar-refractivity contribution in [2.75, 3.05) is 6.54 Å². The average molecular weight is 302 g/mol. The van der Waals surface area contributed by atoms with Crippen LogP contribution in [0.3, 0.4) is 0 Å². The maximum atomic E-state index is 3.67. The molecule has 0 spiro atoms. The minimum Gasteiger partial charge on any atom is -0.314 e. The highest BCUT2D eigenvalue weighted by Gasteiger charge is 2.38. The van der Waals surface area contributed by atoms with E-state index >= 15 is 0 Å². The Morgan fingerprint density at radius 1 is 1.62 bits per heavy atom. The fourth-order valence-electron chi connectivity index (χ4n) is 2.69. The van der Waals surface area contributed by atoms with Gasteiger partial charge in [-0.15, -0.1) is 11.3 Å². The molecule has 1 aliphatic rings. The van der Waals surface area contributed by atoms with Gasteiger partial charge in [-0.2, -0.15) is 0 Å². The van der Waals surface area contributed by atoms with E-state index in [1.165, 1.54) is 35.0 Å². The van der Waals surface area contributed by atoms with E-state index in [2.05, 4.69) is 46.5 Å². The number of hydrogen-bond acceptors (Lipinski definition) is 2. The van der Waals surface area contributed by atoms with Crippen molar-refractivity contribution in [3.63, 3.8) is 0 Å². The van der Waals surface area contributed by atoms with Gasteiger partial charge in [-0.1, -0.05) is 13.8 Å². The fraction of sp³-hybridized carbons (Fsp3) is 0.692. The molecule has 0 saturated heterocycles. The molecule has 3 heteroatoms. The molecule has 0 aliphatic heterocycles. The minimum atomic E-state index is 0.387. The predicted octanol–water partition coefficient (Wildman–Crippen LogP) is 4.32. The first-order valence-electron chi connectivity index (χ1n) is 6.12. The number of thiophene rings is 1. The smallest absolute Gasteiger partial charge is 0.0320 e. The lowest BCUT2D eigenvalue weighted by Crippen LogP contribution is -2.29. The van der Waals surface area contributed by atoms with Crippen molar-refractivity contribution in [1.29, 1.82) is 0 Å². The number of nitrogens with one attached hydrogen (secondary N) is 1. The Bertz CT molecular complexity index is 349. The van der Waals surface area contributed by atoms with Gasteiger partial charge in [-0.3, -0.25) is 0 Å². The zero-order valence-electron chi connectivity index (χ0n) is 10.1. The number of hydrogen-bond donors (Lipinski definition) is 1. The van der Waals surface area contributed by atoms with Crippen LogP contribution in [0.25, 0.3) is 0 Å². The van der Waals surface area contributed by atoms with Gasteiger partial charge in [-0.05, 0) is 59.6 Å². The third kappa shape index (κ3) is 2.52. The second kappa shape index (κ2) is 5.19. The van der Waals surface area contributed by atoms with Gasteiger partial charge in [0.25, 0.3) is 0 Å². The van der Waals surface area contributed by atoms with Crippen molar-refractivity contribution >= 4 is 27.3 Å². The van der Waals surface area contributed by atoms with E-state index in [9.17, 15) is 0 Å². The third-order valence-electron chi connectivity index (χ3n) is 3.59. The predicted molar refractivity (Wildman–Crippen MR) is 75.3 cm³/mol. The van der Waals surface area contributed by atoms with Crippen molar-refractivity contribution < 1.29 is 0 Å². The zero-order chi connectivity index (χ0) is 11.6. The molecule has 1 fully saturated rings. The van der Waals surface area contributed by atoms with Crippen LogP contribution in [0.5, 0.6) is 0 Å². The lowest BCUT2D eigenvalue weighted by atomic mass is 9.87.